The molecule has 0 aliphatic heterocycles. The fourth-order valence-corrected chi connectivity index (χ4v) is 3.91. The van der Waals surface area contributed by atoms with Crippen molar-refractivity contribution in [3.63, 3.8) is 0 Å². The largest absolute Gasteiger partial charge is 0.469 e. The summed E-state index contributed by atoms with van der Waals surface area (Å²) in [6, 6.07) is 0. The molecule has 160 valence electrons. The number of aliphatic hydroxyl groups is 1. The van der Waals surface area contributed by atoms with Crippen molar-refractivity contribution < 1.29 is 24.2 Å². The van der Waals surface area contributed by atoms with Crippen molar-refractivity contribution in [1.82, 2.24) is 0 Å². The highest BCUT2D eigenvalue weighted by Gasteiger charge is 2.40. The van der Waals surface area contributed by atoms with Gasteiger partial charge in [0.25, 0.3) is 0 Å². The molecule has 0 amide bonds. The van der Waals surface area contributed by atoms with Crippen LogP contribution in [-0.4, -0.2) is 35.9 Å². The Morgan fingerprint density at radius 2 is 1.82 bits per heavy atom. The van der Waals surface area contributed by atoms with E-state index in [1.165, 1.54) is 7.11 Å². The van der Waals surface area contributed by atoms with E-state index in [1.807, 2.05) is 6.08 Å². The number of carbonyl (C=O) groups is 3. The van der Waals surface area contributed by atoms with Crippen LogP contribution in [0, 0.1) is 11.8 Å². The first kappa shape index (κ1) is 24.5. The first-order valence-electron chi connectivity index (χ1n) is 10.9. The monoisotopic (exact) mass is 394 g/mol. The van der Waals surface area contributed by atoms with Gasteiger partial charge < -0.3 is 9.84 Å². The molecule has 0 bridgehead atoms. The molecule has 1 aliphatic carbocycles. The Labute approximate surface area is 169 Å². The van der Waals surface area contributed by atoms with Crippen LogP contribution in [0.3, 0.4) is 0 Å². The average molecular weight is 395 g/mol. The zero-order chi connectivity index (χ0) is 20.8. The van der Waals surface area contributed by atoms with Gasteiger partial charge in [0.2, 0.25) is 0 Å². The van der Waals surface area contributed by atoms with E-state index >= 15 is 0 Å². The number of ether oxygens (including phenoxy) is 1. The molecule has 5 nitrogen and oxygen atoms in total. The van der Waals surface area contributed by atoms with Crippen LogP contribution in [0.15, 0.2) is 12.2 Å². The van der Waals surface area contributed by atoms with Gasteiger partial charge in [0.1, 0.15) is 11.6 Å². The van der Waals surface area contributed by atoms with Crippen molar-refractivity contribution in [2.45, 2.75) is 96.5 Å². The van der Waals surface area contributed by atoms with Crippen molar-refractivity contribution in [3.05, 3.63) is 12.2 Å². The van der Waals surface area contributed by atoms with Gasteiger partial charge in [0, 0.05) is 31.6 Å². The van der Waals surface area contributed by atoms with E-state index in [-0.39, 0.29) is 35.8 Å². The minimum Gasteiger partial charge on any atom is -0.469 e. The van der Waals surface area contributed by atoms with Gasteiger partial charge in [-0.3, -0.25) is 14.4 Å². The zero-order valence-corrected chi connectivity index (χ0v) is 17.7. The standard InChI is InChI=1S/C23H38O5/c1-3-4-9-12-18(24)15-16-20-19(21(25)17-22(20)26)13-10-7-5-6-8-11-14-23(27)28-2/h7,10,19-20,22,26H,3-6,8-9,11-17H2,1-2H3/t19-,20-,22-/m1/s1. The number of esters is 1. The van der Waals surface area contributed by atoms with E-state index in [9.17, 15) is 19.5 Å². The van der Waals surface area contributed by atoms with Crippen LogP contribution in [0.25, 0.3) is 0 Å². The smallest absolute Gasteiger partial charge is 0.305 e. The first-order valence-corrected chi connectivity index (χ1v) is 10.9. The second kappa shape index (κ2) is 14.5. The lowest BCUT2D eigenvalue weighted by Gasteiger charge is -2.19. The quantitative estimate of drug-likeness (QED) is 0.250. The molecule has 0 radical (unpaired) electrons. The number of allylic oxidation sites excluding steroid dienone is 2. The summed E-state index contributed by atoms with van der Waals surface area (Å²) in [6.07, 6.45) is 13.4. The predicted molar refractivity (Wildman–Crippen MR) is 110 cm³/mol. The Morgan fingerprint density at radius 3 is 2.54 bits per heavy atom. The van der Waals surface area contributed by atoms with Crippen LogP contribution in [0.1, 0.15) is 90.4 Å². The van der Waals surface area contributed by atoms with Gasteiger partial charge in [-0.1, -0.05) is 38.3 Å². The molecule has 0 heterocycles. The second-order valence-corrected chi connectivity index (χ2v) is 7.93. The van der Waals surface area contributed by atoms with Crippen molar-refractivity contribution in [2.75, 3.05) is 7.11 Å². The van der Waals surface area contributed by atoms with E-state index in [4.69, 9.17) is 0 Å². The summed E-state index contributed by atoms with van der Waals surface area (Å²) in [5, 5.41) is 10.2. The molecular weight excluding hydrogens is 356 g/mol. The normalized spacial score (nSPS) is 22.1. The van der Waals surface area contributed by atoms with Crippen LogP contribution in [0.2, 0.25) is 0 Å². The van der Waals surface area contributed by atoms with Crippen molar-refractivity contribution in [1.29, 1.82) is 0 Å². The minimum atomic E-state index is -0.604. The number of rotatable bonds is 15. The topological polar surface area (TPSA) is 80.7 Å². The van der Waals surface area contributed by atoms with E-state index < -0.39 is 6.10 Å². The number of Topliss-reactive ketones (excluding diaryl/α,β-unsaturated/α-hetero) is 2. The highest BCUT2D eigenvalue weighted by molar-refractivity contribution is 5.84. The molecule has 0 unspecified atom stereocenters. The molecule has 1 rings (SSSR count). The van der Waals surface area contributed by atoms with Crippen LogP contribution in [-0.2, 0) is 19.1 Å². The van der Waals surface area contributed by atoms with E-state index in [1.54, 1.807) is 0 Å². The fraction of sp³-hybridized carbons (Fsp3) is 0.783. The van der Waals surface area contributed by atoms with Crippen LogP contribution >= 0.6 is 0 Å². The van der Waals surface area contributed by atoms with E-state index in [0.717, 1.165) is 44.9 Å². The number of unbranched alkanes of at least 4 members (excludes halogenated alkanes) is 5. The highest BCUT2D eigenvalue weighted by atomic mass is 16.5. The molecule has 1 N–H and O–H groups in total. The average Bonchev–Trinajstić information content (AvgIpc) is 2.94. The molecule has 0 saturated heterocycles. The maximum absolute atomic E-state index is 12.2. The first-order chi connectivity index (χ1) is 13.5. The van der Waals surface area contributed by atoms with Gasteiger partial charge in [-0.2, -0.15) is 0 Å². The molecule has 3 atom stereocenters. The molecule has 1 fully saturated rings. The molecule has 0 aromatic rings. The van der Waals surface area contributed by atoms with Crippen LogP contribution < -0.4 is 0 Å². The summed E-state index contributed by atoms with van der Waals surface area (Å²) in [4.78, 5) is 35.3. The van der Waals surface area contributed by atoms with Crippen LogP contribution in [0.4, 0.5) is 0 Å². The molecule has 0 aromatic carbocycles. The van der Waals surface area contributed by atoms with Gasteiger partial charge in [-0.25, -0.2) is 0 Å². The number of aliphatic hydroxyl groups excluding tert-OH is 1. The summed E-state index contributed by atoms with van der Waals surface area (Å²) < 4.78 is 4.61. The van der Waals surface area contributed by atoms with Crippen LogP contribution in [0.5, 0.6) is 0 Å². The number of methoxy groups -OCH3 is 1. The number of hydrogen-bond acceptors (Lipinski definition) is 5. The fourth-order valence-electron chi connectivity index (χ4n) is 3.91. The third kappa shape index (κ3) is 9.63. The van der Waals surface area contributed by atoms with Crippen molar-refractivity contribution in [2.24, 2.45) is 11.8 Å². The molecule has 0 aromatic heterocycles. The predicted octanol–water partition coefficient (Wildman–Crippen LogP) is 4.55. The maximum atomic E-state index is 12.2. The lowest BCUT2D eigenvalue weighted by atomic mass is 9.86. The van der Waals surface area contributed by atoms with E-state index in [2.05, 4.69) is 17.7 Å². The van der Waals surface area contributed by atoms with Crippen molar-refractivity contribution in [3.8, 4) is 0 Å². The molecule has 5 heteroatoms. The second-order valence-electron chi connectivity index (χ2n) is 7.93. The Bertz CT molecular complexity index is 511. The van der Waals surface area contributed by atoms with Gasteiger partial charge in [0.05, 0.1) is 13.2 Å². The minimum absolute atomic E-state index is 0.0904. The lowest BCUT2D eigenvalue weighted by Crippen LogP contribution is -2.21. The number of carbonyl (C=O) groups excluding carboxylic acids is 3. The van der Waals surface area contributed by atoms with Gasteiger partial charge in [-0.15, -0.1) is 0 Å². The third-order valence-electron chi connectivity index (χ3n) is 5.69. The highest BCUT2D eigenvalue weighted by Crippen LogP contribution is 2.35. The number of ketones is 2. The lowest BCUT2D eigenvalue weighted by molar-refractivity contribution is -0.140. The zero-order valence-electron chi connectivity index (χ0n) is 17.7. The summed E-state index contributed by atoms with van der Waals surface area (Å²) in [6.45, 7) is 2.12. The molecule has 28 heavy (non-hydrogen) atoms. The molecule has 1 aliphatic rings. The maximum Gasteiger partial charge on any atom is 0.305 e. The van der Waals surface area contributed by atoms with Gasteiger partial charge >= 0.3 is 5.97 Å². The summed E-state index contributed by atoms with van der Waals surface area (Å²) >= 11 is 0. The van der Waals surface area contributed by atoms with Gasteiger partial charge in [0.15, 0.2) is 0 Å². The summed E-state index contributed by atoms with van der Waals surface area (Å²) in [5.74, 6) is -0.0371. The third-order valence-corrected chi connectivity index (χ3v) is 5.69. The number of hydrogen-bond donors (Lipinski definition) is 1. The Hall–Kier alpha value is -1.49. The molecule has 1 saturated carbocycles. The SMILES string of the molecule is CCCCCC(=O)CC[C@H]1[C@H](O)CC(=O)[C@@H]1CC=CCCCCCC(=O)OC. The molecular formula is C23H38O5. The Balaban J connectivity index is 2.29. The summed E-state index contributed by atoms with van der Waals surface area (Å²) in [7, 11) is 1.40. The Morgan fingerprint density at radius 1 is 1.07 bits per heavy atom. The van der Waals surface area contributed by atoms with Gasteiger partial charge in [-0.05, 0) is 44.4 Å². The molecule has 0 spiro atoms. The van der Waals surface area contributed by atoms with Crippen molar-refractivity contribution >= 4 is 17.5 Å². The van der Waals surface area contributed by atoms with E-state index in [0.29, 0.717) is 32.1 Å². The summed E-state index contributed by atoms with van der Waals surface area (Å²) in [5.41, 5.74) is 0. The Kier molecular flexibility index (Phi) is 12.7.